The summed E-state index contributed by atoms with van der Waals surface area (Å²) in [6.45, 7) is 4.08. The van der Waals surface area contributed by atoms with Crippen LogP contribution in [-0.4, -0.2) is 45.1 Å². The Morgan fingerprint density at radius 1 is 1.30 bits per heavy atom. The maximum absolute atomic E-state index is 12.5. The zero-order valence-corrected chi connectivity index (χ0v) is 12.9. The molecule has 1 aromatic heterocycles. The molecule has 0 saturated carbocycles. The van der Waals surface area contributed by atoms with Crippen LogP contribution in [0.3, 0.4) is 0 Å². The fourth-order valence-corrected chi connectivity index (χ4v) is 2.66. The average Bonchev–Trinajstić information content (AvgIpc) is 3.14. The highest BCUT2D eigenvalue weighted by Crippen LogP contribution is 2.31. The number of rotatable bonds is 3. The molecule has 1 fully saturated rings. The number of nitrogens with zero attached hydrogens (tertiary/aromatic N) is 3. The standard InChI is InChI=1S/C16H17N3O4/c1-10-17-13(23-18-10)11-3-5-12(6-4-11)14(20)19-8-7-16(2,9-19)15(21)22/h3-6H,7-9H2,1-2H3,(H,21,22). The fraction of sp³-hybridized carbons (Fsp3) is 0.375. The molecule has 0 radical (unpaired) electrons. The van der Waals surface area contributed by atoms with E-state index in [4.69, 9.17) is 4.52 Å². The van der Waals surface area contributed by atoms with Crippen LogP contribution in [0.1, 0.15) is 29.5 Å². The van der Waals surface area contributed by atoms with E-state index in [-0.39, 0.29) is 12.5 Å². The van der Waals surface area contributed by atoms with Crippen molar-refractivity contribution in [1.82, 2.24) is 15.0 Å². The lowest BCUT2D eigenvalue weighted by Crippen LogP contribution is -2.34. The molecule has 0 bridgehead atoms. The number of aromatic nitrogens is 2. The van der Waals surface area contributed by atoms with Gasteiger partial charge in [-0.1, -0.05) is 5.16 Å². The van der Waals surface area contributed by atoms with Gasteiger partial charge in [-0.25, -0.2) is 0 Å². The lowest BCUT2D eigenvalue weighted by Gasteiger charge is -2.20. The molecule has 3 rings (SSSR count). The van der Waals surface area contributed by atoms with E-state index in [0.717, 1.165) is 5.56 Å². The molecule has 1 N–H and O–H groups in total. The smallest absolute Gasteiger partial charge is 0.311 e. The van der Waals surface area contributed by atoms with E-state index in [2.05, 4.69) is 10.1 Å². The Kier molecular flexibility index (Phi) is 3.63. The SMILES string of the molecule is Cc1noc(-c2ccc(C(=O)N3CCC(C)(C(=O)O)C3)cc2)n1. The Balaban J connectivity index is 1.75. The molecular formula is C16H17N3O4. The van der Waals surface area contributed by atoms with E-state index in [0.29, 0.717) is 30.2 Å². The number of aryl methyl sites for hydroxylation is 1. The largest absolute Gasteiger partial charge is 0.481 e. The van der Waals surface area contributed by atoms with Crippen LogP contribution in [0.25, 0.3) is 11.5 Å². The first-order valence-corrected chi connectivity index (χ1v) is 7.32. The highest BCUT2D eigenvalue weighted by atomic mass is 16.5. The average molecular weight is 315 g/mol. The van der Waals surface area contributed by atoms with Gasteiger partial charge in [0.15, 0.2) is 5.82 Å². The van der Waals surface area contributed by atoms with Gasteiger partial charge in [0.05, 0.1) is 5.41 Å². The third-order valence-electron chi connectivity index (χ3n) is 4.18. The lowest BCUT2D eigenvalue weighted by atomic mass is 9.90. The van der Waals surface area contributed by atoms with Crippen LogP contribution in [-0.2, 0) is 4.79 Å². The van der Waals surface area contributed by atoms with E-state index in [1.165, 1.54) is 0 Å². The summed E-state index contributed by atoms with van der Waals surface area (Å²) >= 11 is 0. The van der Waals surface area contributed by atoms with Gasteiger partial charge in [-0.05, 0) is 44.5 Å². The summed E-state index contributed by atoms with van der Waals surface area (Å²) in [5.41, 5.74) is 0.384. The van der Waals surface area contributed by atoms with Crippen molar-refractivity contribution in [2.24, 2.45) is 5.41 Å². The van der Waals surface area contributed by atoms with Gasteiger partial charge < -0.3 is 14.5 Å². The van der Waals surface area contributed by atoms with Crippen molar-refractivity contribution in [2.75, 3.05) is 13.1 Å². The first-order chi connectivity index (χ1) is 10.9. The quantitative estimate of drug-likeness (QED) is 0.930. The van der Waals surface area contributed by atoms with Crippen molar-refractivity contribution in [2.45, 2.75) is 20.3 Å². The molecule has 1 aliphatic heterocycles. The van der Waals surface area contributed by atoms with Gasteiger partial charge in [-0.2, -0.15) is 4.98 Å². The Morgan fingerprint density at radius 2 is 2.00 bits per heavy atom. The van der Waals surface area contributed by atoms with Gasteiger partial charge in [0.2, 0.25) is 0 Å². The highest BCUT2D eigenvalue weighted by Gasteiger charge is 2.42. The summed E-state index contributed by atoms with van der Waals surface area (Å²) < 4.78 is 5.08. The number of hydrogen-bond acceptors (Lipinski definition) is 5. The summed E-state index contributed by atoms with van der Waals surface area (Å²) in [6.07, 6.45) is 0.466. The second kappa shape index (κ2) is 5.49. The molecule has 1 aromatic carbocycles. The Labute approximate surface area is 132 Å². The molecule has 1 saturated heterocycles. The molecule has 1 unspecified atom stereocenters. The van der Waals surface area contributed by atoms with Gasteiger partial charge in [-0.15, -0.1) is 0 Å². The van der Waals surface area contributed by atoms with E-state index in [1.54, 1.807) is 43.0 Å². The van der Waals surface area contributed by atoms with Gasteiger partial charge in [-0.3, -0.25) is 9.59 Å². The number of amides is 1. The topological polar surface area (TPSA) is 96.5 Å². The molecule has 2 heterocycles. The molecule has 2 aromatic rings. The fourth-order valence-electron chi connectivity index (χ4n) is 2.66. The van der Waals surface area contributed by atoms with E-state index in [1.807, 2.05) is 0 Å². The molecule has 0 aliphatic carbocycles. The molecule has 1 atom stereocenters. The first-order valence-electron chi connectivity index (χ1n) is 7.32. The van der Waals surface area contributed by atoms with Crippen LogP contribution in [0.5, 0.6) is 0 Å². The number of carbonyl (C=O) groups is 2. The van der Waals surface area contributed by atoms with Crippen LogP contribution >= 0.6 is 0 Å². The van der Waals surface area contributed by atoms with E-state index < -0.39 is 11.4 Å². The van der Waals surface area contributed by atoms with Crippen LogP contribution in [0.2, 0.25) is 0 Å². The Bertz CT molecular complexity index is 753. The van der Waals surface area contributed by atoms with Crippen LogP contribution in [0, 0.1) is 12.3 Å². The Hall–Kier alpha value is -2.70. The molecule has 1 aliphatic rings. The number of hydrogen-bond donors (Lipinski definition) is 1. The third kappa shape index (κ3) is 2.81. The summed E-state index contributed by atoms with van der Waals surface area (Å²) in [7, 11) is 0. The van der Waals surface area contributed by atoms with Crippen molar-refractivity contribution >= 4 is 11.9 Å². The maximum atomic E-state index is 12.5. The van der Waals surface area contributed by atoms with Crippen molar-refractivity contribution in [3.8, 4) is 11.5 Å². The number of carboxylic acid groups (broad SMARTS) is 1. The minimum Gasteiger partial charge on any atom is -0.481 e. The van der Waals surface area contributed by atoms with Gasteiger partial charge in [0.1, 0.15) is 0 Å². The van der Waals surface area contributed by atoms with Crippen LogP contribution in [0.4, 0.5) is 0 Å². The molecule has 7 nitrogen and oxygen atoms in total. The molecule has 0 spiro atoms. The molecule has 7 heteroatoms. The van der Waals surface area contributed by atoms with Crippen molar-refractivity contribution in [3.63, 3.8) is 0 Å². The zero-order chi connectivity index (χ0) is 16.6. The zero-order valence-electron chi connectivity index (χ0n) is 12.9. The predicted molar refractivity (Wildman–Crippen MR) is 80.7 cm³/mol. The second-order valence-corrected chi connectivity index (χ2v) is 6.07. The number of carbonyl (C=O) groups excluding carboxylic acids is 1. The summed E-state index contributed by atoms with van der Waals surface area (Å²) in [5.74, 6) is -0.0792. The minimum absolute atomic E-state index is 0.164. The minimum atomic E-state index is -0.866. The lowest BCUT2D eigenvalue weighted by molar-refractivity contribution is -0.147. The number of likely N-dealkylation sites (tertiary alicyclic amines) is 1. The predicted octanol–water partition coefficient (Wildman–Crippen LogP) is 1.98. The van der Waals surface area contributed by atoms with Crippen LogP contribution < -0.4 is 0 Å². The molecule has 23 heavy (non-hydrogen) atoms. The van der Waals surface area contributed by atoms with Crippen molar-refractivity contribution in [1.29, 1.82) is 0 Å². The van der Waals surface area contributed by atoms with Crippen molar-refractivity contribution in [3.05, 3.63) is 35.7 Å². The first kappa shape index (κ1) is 15.2. The number of aliphatic carboxylic acids is 1. The third-order valence-corrected chi connectivity index (χ3v) is 4.18. The van der Waals surface area contributed by atoms with Gasteiger partial charge in [0.25, 0.3) is 11.8 Å². The summed E-state index contributed by atoms with van der Waals surface area (Å²) in [4.78, 5) is 29.5. The van der Waals surface area contributed by atoms with E-state index in [9.17, 15) is 14.7 Å². The van der Waals surface area contributed by atoms with Gasteiger partial charge in [0, 0.05) is 24.2 Å². The van der Waals surface area contributed by atoms with Gasteiger partial charge >= 0.3 is 5.97 Å². The number of carboxylic acids is 1. The van der Waals surface area contributed by atoms with E-state index >= 15 is 0 Å². The number of benzene rings is 1. The highest BCUT2D eigenvalue weighted by molar-refractivity contribution is 5.95. The molecule has 1 amide bonds. The maximum Gasteiger partial charge on any atom is 0.311 e. The Morgan fingerprint density at radius 3 is 2.52 bits per heavy atom. The summed E-state index contributed by atoms with van der Waals surface area (Å²) in [5, 5.41) is 13.0. The second-order valence-electron chi connectivity index (χ2n) is 6.07. The van der Waals surface area contributed by atoms with Crippen LogP contribution in [0.15, 0.2) is 28.8 Å². The molecule has 120 valence electrons. The normalized spacial score (nSPS) is 20.7. The molecular weight excluding hydrogens is 298 g/mol. The van der Waals surface area contributed by atoms with Crippen molar-refractivity contribution < 1.29 is 19.2 Å². The summed E-state index contributed by atoms with van der Waals surface area (Å²) in [6, 6.07) is 6.86. The monoisotopic (exact) mass is 315 g/mol.